The van der Waals surface area contributed by atoms with Crippen LogP contribution in [0.2, 0.25) is 0 Å². The number of hydrogen-bond acceptors (Lipinski definition) is 2. The second-order valence-electron chi connectivity index (χ2n) is 6.20. The molecule has 0 aliphatic rings. The van der Waals surface area contributed by atoms with E-state index in [2.05, 4.69) is 15.0 Å². The minimum atomic E-state index is -0.423. The Bertz CT molecular complexity index is 1080. The van der Waals surface area contributed by atoms with Crippen molar-refractivity contribution in [3.63, 3.8) is 0 Å². The molecule has 0 bridgehead atoms. The number of halogens is 2. The van der Waals surface area contributed by atoms with Crippen molar-refractivity contribution < 1.29 is 8.78 Å². The third-order valence-electron chi connectivity index (χ3n) is 4.25. The maximum Gasteiger partial charge on any atom is 0.151 e. The summed E-state index contributed by atoms with van der Waals surface area (Å²) in [5.41, 5.74) is 3.04. The molecule has 0 unspecified atom stereocenters. The summed E-state index contributed by atoms with van der Waals surface area (Å²) in [6.45, 7) is 5.93. The predicted molar refractivity (Wildman–Crippen MR) is 89.9 cm³/mol. The van der Waals surface area contributed by atoms with Gasteiger partial charge in [-0.1, -0.05) is 0 Å². The zero-order chi connectivity index (χ0) is 17.0. The summed E-state index contributed by atoms with van der Waals surface area (Å²) in [5.74, 6) is -0.0423. The standard InChI is InChI=1S/C18H16F2N4/c1-9(2)24-10(3)23-17-15(20)4-11(5-16(17)24)14-8-22-18-13(14)6-12(19)7-21-18/h4-9H,1-3H3,(H,21,22). The average Bonchev–Trinajstić information content (AvgIpc) is 3.07. The lowest BCUT2D eigenvalue weighted by atomic mass is 10.0. The first-order chi connectivity index (χ1) is 11.5. The molecule has 0 atom stereocenters. The zero-order valence-corrected chi connectivity index (χ0v) is 13.6. The summed E-state index contributed by atoms with van der Waals surface area (Å²) in [5, 5.41) is 0.626. The van der Waals surface area contributed by atoms with E-state index in [9.17, 15) is 8.78 Å². The fraction of sp³-hybridized carbons (Fsp3) is 0.222. The highest BCUT2D eigenvalue weighted by atomic mass is 19.1. The summed E-state index contributed by atoms with van der Waals surface area (Å²) in [7, 11) is 0. The molecule has 3 aromatic heterocycles. The molecule has 0 saturated heterocycles. The molecule has 3 heterocycles. The van der Waals surface area contributed by atoms with E-state index in [1.165, 1.54) is 12.1 Å². The molecular formula is C18H16F2N4. The molecule has 0 spiro atoms. The van der Waals surface area contributed by atoms with Crippen molar-refractivity contribution in [2.45, 2.75) is 26.8 Å². The van der Waals surface area contributed by atoms with Crippen LogP contribution in [0.15, 0.2) is 30.6 Å². The molecule has 1 aromatic carbocycles. The minimum absolute atomic E-state index is 0.159. The quantitative estimate of drug-likeness (QED) is 0.578. The number of fused-ring (bicyclic) bond motifs is 2. The van der Waals surface area contributed by atoms with Crippen molar-refractivity contribution >= 4 is 22.1 Å². The van der Waals surface area contributed by atoms with Gasteiger partial charge in [-0.05, 0) is 44.5 Å². The topological polar surface area (TPSA) is 46.5 Å². The molecule has 6 heteroatoms. The zero-order valence-electron chi connectivity index (χ0n) is 13.6. The molecule has 0 aliphatic carbocycles. The number of aromatic amines is 1. The SMILES string of the molecule is Cc1nc2c(F)cc(-c3c[nH]c4ncc(F)cc34)cc2n1C(C)C. The second kappa shape index (κ2) is 5.12. The van der Waals surface area contributed by atoms with Crippen LogP contribution < -0.4 is 0 Å². The molecule has 0 radical (unpaired) electrons. The predicted octanol–water partition coefficient (Wildman–Crippen LogP) is 4.75. The Morgan fingerprint density at radius 2 is 1.96 bits per heavy atom. The molecule has 0 amide bonds. The van der Waals surface area contributed by atoms with Gasteiger partial charge in [0.1, 0.15) is 22.8 Å². The lowest BCUT2D eigenvalue weighted by molar-refractivity contribution is 0.600. The Hall–Kier alpha value is -2.76. The Balaban J connectivity index is 2.03. The van der Waals surface area contributed by atoms with Crippen LogP contribution in [0.3, 0.4) is 0 Å². The molecule has 122 valence electrons. The summed E-state index contributed by atoms with van der Waals surface area (Å²) in [4.78, 5) is 11.4. The number of imidazole rings is 1. The number of hydrogen-bond donors (Lipinski definition) is 1. The number of rotatable bonds is 2. The summed E-state index contributed by atoms with van der Waals surface area (Å²) in [6.07, 6.45) is 2.88. The molecule has 4 aromatic rings. The highest BCUT2D eigenvalue weighted by molar-refractivity contribution is 5.96. The summed E-state index contributed by atoms with van der Waals surface area (Å²) < 4.78 is 30.1. The lowest BCUT2D eigenvalue weighted by Crippen LogP contribution is -2.02. The van der Waals surface area contributed by atoms with Gasteiger partial charge < -0.3 is 9.55 Å². The van der Waals surface area contributed by atoms with Crippen LogP contribution in [0.1, 0.15) is 25.7 Å². The highest BCUT2D eigenvalue weighted by Crippen LogP contribution is 2.33. The number of nitrogens with zero attached hydrogens (tertiary/aromatic N) is 3. The molecule has 0 aliphatic heterocycles. The highest BCUT2D eigenvalue weighted by Gasteiger charge is 2.17. The fourth-order valence-corrected chi connectivity index (χ4v) is 3.29. The maximum absolute atomic E-state index is 14.6. The largest absolute Gasteiger partial charge is 0.346 e. The van der Waals surface area contributed by atoms with Gasteiger partial charge in [-0.25, -0.2) is 18.7 Å². The monoisotopic (exact) mass is 326 g/mol. The van der Waals surface area contributed by atoms with Crippen LogP contribution in [0.4, 0.5) is 8.78 Å². The summed E-state index contributed by atoms with van der Waals surface area (Å²) >= 11 is 0. The maximum atomic E-state index is 14.6. The van der Waals surface area contributed by atoms with Crippen molar-refractivity contribution in [2.75, 3.05) is 0 Å². The first-order valence-electron chi connectivity index (χ1n) is 7.77. The van der Waals surface area contributed by atoms with Crippen molar-refractivity contribution in [3.8, 4) is 11.1 Å². The van der Waals surface area contributed by atoms with Gasteiger partial charge in [0.2, 0.25) is 0 Å². The first kappa shape index (κ1) is 14.8. The smallest absolute Gasteiger partial charge is 0.151 e. The molecule has 4 nitrogen and oxygen atoms in total. The van der Waals surface area contributed by atoms with E-state index in [0.717, 1.165) is 17.5 Å². The lowest BCUT2D eigenvalue weighted by Gasteiger charge is -2.11. The molecule has 4 rings (SSSR count). The number of benzene rings is 1. The van der Waals surface area contributed by atoms with E-state index in [4.69, 9.17) is 0 Å². The number of H-pyrrole nitrogens is 1. The van der Waals surface area contributed by atoms with Gasteiger partial charge in [-0.2, -0.15) is 0 Å². The van der Waals surface area contributed by atoms with Gasteiger partial charge in [0.15, 0.2) is 5.82 Å². The number of nitrogens with one attached hydrogen (secondary N) is 1. The first-order valence-corrected chi connectivity index (χ1v) is 7.77. The van der Waals surface area contributed by atoms with Gasteiger partial charge in [0.25, 0.3) is 0 Å². The number of aromatic nitrogens is 4. The van der Waals surface area contributed by atoms with Gasteiger partial charge >= 0.3 is 0 Å². The Labute approximate surface area is 137 Å². The Morgan fingerprint density at radius 1 is 1.17 bits per heavy atom. The molecule has 1 N–H and O–H groups in total. The van der Waals surface area contributed by atoms with Crippen molar-refractivity contribution in [1.29, 1.82) is 0 Å². The molecule has 0 saturated carbocycles. The molecule has 0 fully saturated rings. The third-order valence-corrected chi connectivity index (χ3v) is 4.25. The van der Waals surface area contributed by atoms with Gasteiger partial charge in [0.05, 0.1) is 11.7 Å². The van der Waals surface area contributed by atoms with Crippen molar-refractivity contribution in [1.82, 2.24) is 19.5 Å². The van der Waals surface area contributed by atoms with Gasteiger partial charge in [-0.15, -0.1) is 0 Å². The number of pyridine rings is 1. The van der Waals surface area contributed by atoms with E-state index in [0.29, 0.717) is 27.7 Å². The van der Waals surface area contributed by atoms with E-state index < -0.39 is 5.82 Å². The molecular weight excluding hydrogens is 310 g/mol. The van der Waals surface area contributed by atoms with Crippen LogP contribution in [0, 0.1) is 18.6 Å². The fourth-order valence-electron chi connectivity index (χ4n) is 3.29. The Kier molecular flexibility index (Phi) is 3.16. The van der Waals surface area contributed by atoms with E-state index >= 15 is 0 Å². The van der Waals surface area contributed by atoms with Crippen LogP contribution in [0.25, 0.3) is 33.2 Å². The molecule has 24 heavy (non-hydrogen) atoms. The van der Waals surface area contributed by atoms with E-state index in [-0.39, 0.29) is 11.9 Å². The third kappa shape index (κ3) is 2.10. The van der Waals surface area contributed by atoms with Crippen LogP contribution in [0.5, 0.6) is 0 Å². The van der Waals surface area contributed by atoms with E-state index in [1.807, 2.05) is 31.4 Å². The van der Waals surface area contributed by atoms with Gasteiger partial charge in [-0.3, -0.25) is 0 Å². The minimum Gasteiger partial charge on any atom is -0.346 e. The second-order valence-corrected chi connectivity index (χ2v) is 6.20. The van der Waals surface area contributed by atoms with Gasteiger partial charge in [0, 0.05) is 23.2 Å². The average molecular weight is 326 g/mol. The van der Waals surface area contributed by atoms with Crippen LogP contribution >= 0.6 is 0 Å². The van der Waals surface area contributed by atoms with Crippen LogP contribution in [-0.4, -0.2) is 19.5 Å². The Morgan fingerprint density at radius 3 is 2.71 bits per heavy atom. The van der Waals surface area contributed by atoms with Crippen molar-refractivity contribution in [3.05, 3.63) is 48.1 Å². The van der Waals surface area contributed by atoms with Crippen molar-refractivity contribution in [2.24, 2.45) is 0 Å². The van der Waals surface area contributed by atoms with E-state index in [1.54, 1.807) is 6.20 Å². The number of aryl methyl sites for hydroxylation is 1. The van der Waals surface area contributed by atoms with Crippen LogP contribution in [-0.2, 0) is 0 Å². The summed E-state index contributed by atoms with van der Waals surface area (Å²) in [6, 6.07) is 4.90. The normalized spacial score (nSPS) is 11.9.